The van der Waals surface area contributed by atoms with E-state index in [1.807, 2.05) is 26.0 Å². The van der Waals surface area contributed by atoms with Crippen LogP contribution in [0.15, 0.2) is 24.3 Å². The number of rotatable bonds is 6. The Labute approximate surface area is 119 Å². The third kappa shape index (κ3) is 4.91. The van der Waals surface area contributed by atoms with Gasteiger partial charge in [0.15, 0.2) is 0 Å². The van der Waals surface area contributed by atoms with E-state index >= 15 is 0 Å². The maximum Gasteiger partial charge on any atom is 0.244 e. The number of ether oxygens (including phenoxy) is 1. The maximum absolute atomic E-state index is 12.0. The second-order valence-electron chi connectivity index (χ2n) is 5.04. The molecule has 1 rings (SSSR count). The summed E-state index contributed by atoms with van der Waals surface area (Å²) < 4.78 is 5.17. The molecule has 0 heterocycles. The minimum Gasteiger partial charge on any atom is -0.495 e. The summed E-state index contributed by atoms with van der Waals surface area (Å²) in [5.74, 6) is 0.580. The van der Waals surface area contributed by atoms with Crippen LogP contribution in [0.2, 0.25) is 0 Å². The Balaban J connectivity index is 2.68. The van der Waals surface area contributed by atoms with Crippen molar-refractivity contribution in [3.05, 3.63) is 24.3 Å². The third-order valence-electron chi connectivity index (χ3n) is 2.75. The van der Waals surface area contributed by atoms with Crippen molar-refractivity contribution in [3.63, 3.8) is 0 Å². The van der Waals surface area contributed by atoms with Gasteiger partial charge in [0.25, 0.3) is 0 Å². The van der Waals surface area contributed by atoms with Crippen LogP contribution in [-0.2, 0) is 9.59 Å². The number of nitrogens with one attached hydrogen (secondary N) is 1. The lowest BCUT2D eigenvalue weighted by molar-refractivity contribution is -0.133. The van der Waals surface area contributed by atoms with Crippen LogP contribution in [0.1, 0.15) is 20.8 Å². The van der Waals surface area contributed by atoms with E-state index in [-0.39, 0.29) is 18.4 Å². The summed E-state index contributed by atoms with van der Waals surface area (Å²) in [5, 5.41) is 2.76. The fourth-order valence-corrected chi connectivity index (χ4v) is 1.86. The summed E-state index contributed by atoms with van der Waals surface area (Å²) in [6, 6.07) is 7.17. The Bertz CT molecular complexity index is 472. The first-order chi connectivity index (χ1) is 9.43. The van der Waals surface area contributed by atoms with Crippen molar-refractivity contribution in [3.8, 4) is 5.75 Å². The molecule has 0 bridgehead atoms. The molecule has 1 aromatic carbocycles. The van der Waals surface area contributed by atoms with E-state index in [4.69, 9.17) is 4.74 Å². The Morgan fingerprint density at radius 2 is 1.95 bits per heavy atom. The summed E-state index contributed by atoms with van der Waals surface area (Å²) in [7, 11) is 1.55. The van der Waals surface area contributed by atoms with Gasteiger partial charge in [-0.15, -0.1) is 0 Å². The Hall–Kier alpha value is -2.04. The lowest BCUT2D eigenvalue weighted by Gasteiger charge is -2.22. The highest BCUT2D eigenvalue weighted by atomic mass is 16.5. The van der Waals surface area contributed by atoms with Crippen LogP contribution < -0.4 is 10.1 Å². The van der Waals surface area contributed by atoms with E-state index in [2.05, 4.69) is 5.32 Å². The lowest BCUT2D eigenvalue weighted by atomic mass is 10.2. The average molecular weight is 278 g/mol. The molecule has 0 aliphatic rings. The molecule has 110 valence electrons. The molecule has 20 heavy (non-hydrogen) atoms. The summed E-state index contributed by atoms with van der Waals surface area (Å²) in [6.07, 6.45) is 0. The number of para-hydroxylation sites is 2. The van der Waals surface area contributed by atoms with Gasteiger partial charge in [-0.25, -0.2) is 0 Å². The molecule has 5 heteroatoms. The van der Waals surface area contributed by atoms with Gasteiger partial charge in [-0.1, -0.05) is 26.0 Å². The van der Waals surface area contributed by atoms with E-state index in [9.17, 15) is 9.59 Å². The summed E-state index contributed by atoms with van der Waals surface area (Å²) in [5.41, 5.74) is 0.605. The number of carbonyl (C=O) groups excluding carboxylic acids is 2. The SMILES string of the molecule is COc1ccccc1NC(=O)CN(CC(C)C)C(C)=O. The van der Waals surface area contributed by atoms with Crippen LogP contribution in [0, 0.1) is 5.92 Å². The van der Waals surface area contributed by atoms with Crippen molar-refractivity contribution in [1.82, 2.24) is 4.90 Å². The lowest BCUT2D eigenvalue weighted by Crippen LogP contribution is -2.38. The van der Waals surface area contributed by atoms with Crippen LogP contribution in [0.5, 0.6) is 5.75 Å². The van der Waals surface area contributed by atoms with Gasteiger partial charge in [0.1, 0.15) is 5.75 Å². The van der Waals surface area contributed by atoms with Crippen LogP contribution >= 0.6 is 0 Å². The number of hydrogen-bond donors (Lipinski definition) is 1. The standard InChI is InChI=1S/C15H22N2O3/c1-11(2)9-17(12(3)18)10-15(19)16-13-7-5-6-8-14(13)20-4/h5-8,11H,9-10H2,1-4H3,(H,16,19). The predicted octanol–water partition coefficient (Wildman–Crippen LogP) is 2.14. The normalized spacial score (nSPS) is 10.2. The fourth-order valence-electron chi connectivity index (χ4n) is 1.86. The first-order valence-corrected chi connectivity index (χ1v) is 6.62. The number of anilines is 1. The first-order valence-electron chi connectivity index (χ1n) is 6.62. The smallest absolute Gasteiger partial charge is 0.244 e. The number of benzene rings is 1. The molecule has 0 saturated heterocycles. The van der Waals surface area contributed by atoms with Crippen molar-refractivity contribution >= 4 is 17.5 Å². The van der Waals surface area contributed by atoms with Crippen molar-refractivity contribution in [1.29, 1.82) is 0 Å². The molecular formula is C15H22N2O3. The molecule has 0 atom stereocenters. The van der Waals surface area contributed by atoms with Crippen LogP contribution in [0.3, 0.4) is 0 Å². The number of nitrogens with zero attached hydrogens (tertiary/aromatic N) is 1. The minimum atomic E-state index is -0.231. The Morgan fingerprint density at radius 3 is 2.50 bits per heavy atom. The van der Waals surface area contributed by atoms with E-state index in [0.717, 1.165) is 0 Å². The van der Waals surface area contributed by atoms with Gasteiger partial charge in [0, 0.05) is 13.5 Å². The van der Waals surface area contributed by atoms with Crippen molar-refractivity contribution in [2.75, 3.05) is 25.5 Å². The summed E-state index contributed by atoms with van der Waals surface area (Å²) >= 11 is 0. The first kappa shape index (κ1) is 16.0. The highest BCUT2D eigenvalue weighted by Gasteiger charge is 2.15. The van der Waals surface area contributed by atoms with E-state index in [1.165, 1.54) is 11.8 Å². The molecule has 1 N–H and O–H groups in total. The zero-order chi connectivity index (χ0) is 15.1. The molecule has 0 aliphatic heterocycles. The summed E-state index contributed by atoms with van der Waals surface area (Å²) in [4.78, 5) is 25.1. The topological polar surface area (TPSA) is 58.6 Å². The molecule has 1 aromatic rings. The molecule has 0 saturated carbocycles. The Morgan fingerprint density at radius 1 is 1.30 bits per heavy atom. The van der Waals surface area contributed by atoms with Gasteiger partial charge in [-0.2, -0.15) is 0 Å². The van der Waals surface area contributed by atoms with E-state index in [1.54, 1.807) is 19.2 Å². The molecule has 0 radical (unpaired) electrons. The van der Waals surface area contributed by atoms with Gasteiger partial charge in [-0.05, 0) is 18.1 Å². The number of methoxy groups -OCH3 is 1. The molecular weight excluding hydrogens is 256 g/mol. The van der Waals surface area contributed by atoms with Crippen molar-refractivity contribution in [2.24, 2.45) is 5.92 Å². The van der Waals surface area contributed by atoms with Gasteiger partial charge in [0.2, 0.25) is 11.8 Å². The van der Waals surface area contributed by atoms with Crippen molar-refractivity contribution < 1.29 is 14.3 Å². The maximum atomic E-state index is 12.0. The molecule has 5 nitrogen and oxygen atoms in total. The zero-order valence-corrected chi connectivity index (χ0v) is 12.5. The Kier molecular flexibility index (Phi) is 6.03. The third-order valence-corrected chi connectivity index (χ3v) is 2.75. The second kappa shape index (κ2) is 7.53. The number of hydrogen-bond acceptors (Lipinski definition) is 3. The quantitative estimate of drug-likeness (QED) is 0.867. The highest BCUT2D eigenvalue weighted by molar-refractivity contribution is 5.95. The van der Waals surface area contributed by atoms with Crippen LogP contribution in [0.4, 0.5) is 5.69 Å². The molecule has 0 unspecified atom stereocenters. The van der Waals surface area contributed by atoms with Crippen LogP contribution in [-0.4, -0.2) is 36.9 Å². The van der Waals surface area contributed by atoms with Gasteiger partial charge in [-0.3, -0.25) is 9.59 Å². The predicted molar refractivity (Wildman–Crippen MR) is 78.7 cm³/mol. The second-order valence-corrected chi connectivity index (χ2v) is 5.04. The minimum absolute atomic E-state index is 0.0472. The van der Waals surface area contributed by atoms with E-state index in [0.29, 0.717) is 23.9 Å². The van der Waals surface area contributed by atoms with Gasteiger partial charge < -0.3 is 15.0 Å². The molecule has 0 fully saturated rings. The fraction of sp³-hybridized carbons (Fsp3) is 0.467. The molecule has 0 aromatic heterocycles. The van der Waals surface area contributed by atoms with Gasteiger partial charge in [0.05, 0.1) is 19.3 Å². The molecule has 0 aliphatic carbocycles. The van der Waals surface area contributed by atoms with Crippen molar-refractivity contribution in [2.45, 2.75) is 20.8 Å². The summed E-state index contributed by atoms with van der Waals surface area (Å²) in [6.45, 7) is 6.10. The number of amides is 2. The zero-order valence-electron chi connectivity index (χ0n) is 12.5. The monoisotopic (exact) mass is 278 g/mol. The molecule has 2 amide bonds. The molecule has 0 spiro atoms. The average Bonchev–Trinajstić information content (AvgIpc) is 2.37. The largest absolute Gasteiger partial charge is 0.495 e. The van der Waals surface area contributed by atoms with Crippen LogP contribution in [0.25, 0.3) is 0 Å². The highest BCUT2D eigenvalue weighted by Crippen LogP contribution is 2.22. The van der Waals surface area contributed by atoms with Gasteiger partial charge >= 0.3 is 0 Å². The van der Waals surface area contributed by atoms with E-state index < -0.39 is 0 Å². The number of carbonyl (C=O) groups is 2.